The molecule has 236 valence electrons. The Morgan fingerprint density at radius 2 is 1.48 bits per heavy atom. The first-order valence-electron chi connectivity index (χ1n) is 13.8. The zero-order chi connectivity index (χ0) is 32.8. The summed E-state index contributed by atoms with van der Waals surface area (Å²) in [6.45, 7) is 4.05. The van der Waals surface area contributed by atoms with E-state index in [0.29, 0.717) is 22.5 Å². The second kappa shape index (κ2) is 13.5. The highest BCUT2D eigenvalue weighted by Crippen LogP contribution is 2.28. The third-order valence-corrected chi connectivity index (χ3v) is 6.46. The van der Waals surface area contributed by atoms with E-state index >= 15 is 0 Å². The van der Waals surface area contributed by atoms with E-state index in [2.05, 4.69) is 40.5 Å². The van der Waals surface area contributed by atoms with Crippen molar-refractivity contribution in [3.05, 3.63) is 71.3 Å². The summed E-state index contributed by atoms with van der Waals surface area (Å²) in [6.07, 6.45) is 5.13. The Bertz CT molecular complexity index is 1980. The number of hydrogen-bond donors (Lipinski definition) is 5. The van der Waals surface area contributed by atoms with Gasteiger partial charge in [0.2, 0.25) is 0 Å². The third kappa shape index (κ3) is 6.42. The van der Waals surface area contributed by atoms with E-state index in [-0.39, 0.29) is 65.8 Å². The fraction of sp³-hybridized carbons (Fsp3) is 0.207. The van der Waals surface area contributed by atoms with Crippen molar-refractivity contribution in [1.82, 2.24) is 35.2 Å². The predicted octanol–water partition coefficient (Wildman–Crippen LogP) is 2.23. The number of aromatic carboxylic acids is 1. The number of aromatic nitrogens is 6. The largest absolute Gasteiger partial charge is 0.482 e. The molecule has 5 heterocycles. The first-order chi connectivity index (χ1) is 22.2. The van der Waals surface area contributed by atoms with Gasteiger partial charge in [-0.15, -0.1) is 0 Å². The minimum Gasteiger partial charge on any atom is -0.482 e. The fourth-order valence-electron chi connectivity index (χ4n) is 4.45. The molecule has 4 aromatic heterocycles. The lowest BCUT2D eigenvalue weighted by molar-refractivity contribution is -0.118. The van der Waals surface area contributed by atoms with E-state index in [1.165, 1.54) is 18.7 Å². The monoisotopic (exact) mass is 630 g/mol. The number of carbonyl (C=O) groups is 5. The highest BCUT2D eigenvalue weighted by molar-refractivity contribution is 6.09. The lowest BCUT2D eigenvalue weighted by Gasteiger charge is -2.18. The van der Waals surface area contributed by atoms with Gasteiger partial charge in [-0.3, -0.25) is 9.59 Å². The number of carboxylic acids is 1. The molecular formula is C29H26N8O9. The van der Waals surface area contributed by atoms with Crippen LogP contribution in [0, 0.1) is 0 Å². The Kier molecular flexibility index (Phi) is 9.11. The Morgan fingerprint density at radius 3 is 2.07 bits per heavy atom. The number of carboxylic acid groups (broad SMARTS) is 1. The first kappa shape index (κ1) is 31.0. The molecule has 0 aliphatic carbocycles. The molecule has 5 N–H and O–H groups in total. The molecule has 46 heavy (non-hydrogen) atoms. The maximum Gasteiger partial charge on any atom is 0.356 e. The van der Waals surface area contributed by atoms with Crippen LogP contribution in [-0.4, -0.2) is 84.6 Å². The molecule has 0 fully saturated rings. The SMILES string of the molecule is CCOC(=O)c1c[nH]c2c(C(=O)NCc3ccc4c(c3)NC(=O)CO4)ncnc12.CCOC(=O)c1c[nH]c2c(C(=O)O)ncnc12. The number of anilines is 1. The van der Waals surface area contributed by atoms with Gasteiger partial charge in [-0.2, -0.15) is 0 Å². The molecule has 0 unspecified atom stereocenters. The average Bonchev–Trinajstić information content (AvgIpc) is 3.69. The van der Waals surface area contributed by atoms with Crippen molar-refractivity contribution in [2.45, 2.75) is 20.4 Å². The average molecular weight is 631 g/mol. The van der Waals surface area contributed by atoms with Crippen LogP contribution in [0.1, 0.15) is 61.1 Å². The van der Waals surface area contributed by atoms with Gasteiger partial charge in [0, 0.05) is 18.9 Å². The summed E-state index contributed by atoms with van der Waals surface area (Å²) in [6, 6.07) is 5.26. The van der Waals surface area contributed by atoms with Gasteiger partial charge in [-0.25, -0.2) is 34.3 Å². The van der Waals surface area contributed by atoms with Gasteiger partial charge in [0.1, 0.15) is 40.6 Å². The molecule has 5 aromatic rings. The van der Waals surface area contributed by atoms with Crippen molar-refractivity contribution >= 4 is 57.5 Å². The van der Waals surface area contributed by atoms with Crippen LogP contribution in [-0.2, 0) is 20.8 Å². The van der Waals surface area contributed by atoms with E-state index in [4.69, 9.17) is 19.3 Å². The number of carbonyl (C=O) groups excluding carboxylic acids is 4. The summed E-state index contributed by atoms with van der Waals surface area (Å²) < 4.78 is 15.1. The topological polar surface area (TPSA) is 240 Å². The molecule has 0 bridgehead atoms. The van der Waals surface area contributed by atoms with Crippen LogP contribution in [0.25, 0.3) is 22.1 Å². The normalized spacial score (nSPS) is 11.8. The first-order valence-corrected chi connectivity index (χ1v) is 13.8. The number of nitrogens with zero attached hydrogens (tertiary/aromatic N) is 4. The molecule has 2 amide bonds. The number of benzene rings is 1. The summed E-state index contributed by atoms with van der Waals surface area (Å²) >= 11 is 0. The summed E-state index contributed by atoms with van der Waals surface area (Å²) in [5.74, 6) is -2.35. The molecule has 1 aliphatic heterocycles. The number of hydrogen-bond acceptors (Lipinski definition) is 12. The summed E-state index contributed by atoms with van der Waals surface area (Å²) in [4.78, 5) is 79.7. The number of fused-ring (bicyclic) bond motifs is 3. The number of rotatable bonds is 8. The van der Waals surface area contributed by atoms with Gasteiger partial charge in [-0.05, 0) is 31.5 Å². The van der Waals surface area contributed by atoms with Gasteiger partial charge in [0.25, 0.3) is 11.8 Å². The highest BCUT2D eigenvalue weighted by atomic mass is 16.5. The molecule has 6 rings (SSSR count). The van der Waals surface area contributed by atoms with Gasteiger partial charge < -0.3 is 39.9 Å². The molecule has 17 nitrogen and oxygen atoms in total. The van der Waals surface area contributed by atoms with Gasteiger partial charge >= 0.3 is 17.9 Å². The van der Waals surface area contributed by atoms with Gasteiger partial charge in [0.15, 0.2) is 18.0 Å². The molecule has 0 atom stereocenters. The van der Waals surface area contributed by atoms with Crippen LogP contribution >= 0.6 is 0 Å². The molecule has 17 heteroatoms. The van der Waals surface area contributed by atoms with Crippen LogP contribution in [0.15, 0.2) is 43.2 Å². The maximum absolute atomic E-state index is 12.6. The summed E-state index contributed by atoms with van der Waals surface area (Å²) in [7, 11) is 0. The van der Waals surface area contributed by atoms with Crippen molar-refractivity contribution in [3.8, 4) is 5.75 Å². The molecular weight excluding hydrogens is 604 g/mol. The van der Waals surface area contributed by atoms with E-state index in [0.717, 1.165) is 11.9 Å². The standard InChI is InChI=1S/C19H17N5O5.C10H9N3O4/c1-2-28-19(27)11-7-20-16-15(11)22-9-23-17(16)18(26)21-6-10-3-4-13-12(5-10)24-14(25)8-29-13;1-2-17-10(16)5-3-11-7-6(5)12-4-13-8(7)9(14)15/h3-5,7,9,20H,2,6,8H2,1H3,(H,21,26)(H,24,25);3-4,11H,2H2,1H3,(H,14,15). The zero-order valence-corrected chi connectivity index (χ0v) is 24.4. The van der Waals surface area contributed by atoms with Crippen molar-refractivity contribution in [2.75, 3.05) is 25.1 Å². The Balaban J connectivity index is 0.000000209. The number of aromatic amines is 2. The minimum absolute atomic E-state index is 0.0171. The molecule has 1 aromatic carbocycles. The lowest BCUT2D eigenvalue weighted by atomic mass is 10.1. The zero-order valence-electron chi connectivity index (χ0n) is 24.4. The number of nitrogens with one attached hydrogen (secondary N) is 4. The predicted molar refractivity (Wildman–Crippen MR) is 158 cm³/mol. The number of esters is 2. The van der Waals surface area contributed by atoms with Crippen molar-refractivity contribution in [2.24, 2.45) is 0 Å². The van der Waals surface area contributed by atoms with E-state index in [1.807, 2.05) is 0 Å². The Hall–Kier alpha value is -6.39. The van der Waals surface area contributed by atoms with Crippen molar-refractivity contribution in [3.63, 3.8) is 0 Å². The van der Waals surface area contributed by atoms with Gasteiger partial charge in [0.05, 0.1) is 29.9 Å². The summed E-state index contributed by atoms with van der Waals surface area (Å²) in [5.41, 5.74) is 2.82. The highest BCUT2D eigenvalue weighted by Gasteiger charge is 2.22. The van der Waals surface area contributed by atoms with Crippen LogP contribution in [0.4, 0.5) is 5.69 Å². The number of amides is 2. The molecule has 1 aliphatic rings. The fourth-order valence-corrected chi connectivity index (χ4v) is 4.45. The third-order valence-electron chi connectivity index (χ3n) is 6.46. The number of H-pyrrole nitrogens is 2. The van der Waals surface area contributed by atoms with E-state index in [1.54, 1.807) is 32.0 Å². The minimum atomic E-state index is -1.19. The quantitative estimate of drug-likeness (QED) is 0.155. The lowest BCUT2D eigenvalue weighted by Crippen LogP contribution is -2.26. The van der Waals surface area contributed by atoms with Crippen molar-refractivity contribution < 1.29 is 43.3 Å². The summed E-state index contributed by atoms with van der Waals surface area (Å²) in [5, 5.41) is 14.4. The second-order valence-corrected chi connectivity index (χ2v) is 9.39. The van der Waals surface area contributed by atoms with Crippen molar-refractivity contribution in [1.29, 1.82) is 0 Å². The maximum atomic E-state index is 12.6. The molecule has 0 radical (unpaired) electrons. The molecule has 0 saturated heterocycles. The van der Waals surface area contributed by atoms with Crippen LogP contribution in [0.5, 0.6) is 5.75 Å². The smallest absolute Gasteiger partial charge is 0.356 e. The van der Waals surface area contributed by atoms with E-state index < -0.39 is 23.8 Å². The van der Waals surface area contributed by atoms with Crippen LogP contribution in [0.2, 0.25) is 0 Å². The Labute approximate surface area is 258 Å². The van der Waals surface area contributed by atoms with Crippen LogP contribution < -0.4 is 15.4 Å². The molecule has 0 saturated carbocycles. The van der Waals surface area contributed by atoms with Crippen LogP contribution in [0.3, 0.4) is 0 Å². The Morgan fingerprint density at radius 1 is 0.891 bits per heavy atom. The number of ether oxygens (including phenoxy) is 3. The van der Waals surface area contributed by atoms with Gasteiger partial charge in [-0.1, -0.05) is 6.07 Å². The second-order valence-electron chi connectivity index (χ2n) is 9.39. The van der Waals surface area contributed by atoms with E-state index in [9.17, 15) is 24.0 Å². The molecule has 0 spiro atoms.